The zero-order valence-electron chi connectivity index (χ0n) is 15.5. The van der Waals surface area contributed by atoms with Crippen molar-refractivity contribution in [2.24, 2.45) is 5.10 Å². The van der Waals surface area contributed by atoms with E-state index in [1.165, 1.54) is 23.5 Å². The van der Waals surface area contributed by atoms with E-state index in [0.29, 0.717) is 17.3 Å². The van der Waals surface area contributed by atoms with Crippen LogP contribution in [0.15, 0.2) is 41.5 Å². The Labute approximate surface area is 180 Å². The van der Waals surface area contributed by atoms with E-state index in [1.54, 1.807) is 12.1 Å². The quantitative estimate of drug-likeness (QED) is 0.567. The number of benzene rings is 2. The molecule has 0 saturated carbocycles. The van der Waals surface area contributed by atoms with Crippen molar-refractivity contribution in [2.75, 3.05) is 6.54 Å². The molecule has 0 saturated heterocycles. The number of amides is 1. The summed E-state index contributed by atoms with van der Waals surface area (Å²) in [4.78, 5) is 16.3. The monoisotopic (exact) mass is 443 g/mol. The molecule has 10 heteroatoms. The molecule has 152 valence electrons. The first-order valence-electron chi connectivity index (χ1n) is 8.99. The van der Waals surface area contributed by atoms with Gasteiger partial charge in [0.05, 0.1) is 29.1 Å². The molecular weight excluding hydrogens is 429 g/mol. The number of halogens is 2. The Morgan fingerprint density at radius 2 is 2.17 bits per heavy atom. The maximum absolute atomic E-state index is 13.2. The minimum atomic E-state index is -0.576. The van der Waals surface area contributed by atoms with Crippen molar-refractivity contribution in [1.29, 1.82) is 5.26 Å². The molecule has 1 aliphatic heterocycles. The maximum atomic E-state index is 13.2. The number of nitrogens with one attached hydrogen (secondary N) is 2. The lowest BCUT2D eigenvalue weighted by molar-refractivity contribution is -0.122. The first-order chi connectivity index (χ1) is 14.5. The van der Waals surface area contributed by atoms with E-state index in [4.69, 9.17) is 21.6 Å². The summed E-state index contributed by atoms with van der Waals surface area (Å²) in [5.74, 6) is -0.177. The molecule has 1 atom stereocenters. The third-order valence-corrected chi connectivity index (χ3v) is 5.66. The SMILES string of the molecule is N#CCNC(=O)CC1NN=C(Cc2nc3cc(-c4ccc(F)cc4)c(Cl)cc3s2)O1. The molecule has 1 unspecified atom stereocenters. The largest absolute Gasteiger partial charge is 0.454 e. The van der Waals surface area contributed by atoms with E-state index in [2.05, 4.69) is 20.8 Å². The van der Waals surface area contributed by atoms with Crippen LogP contribution in [0.25, 0.3) is 21.3 Å². The van der Waals surface area contributed by atoms with Crippen LogP contribution in [-0.2, 0) is 16.0 Å². The predicted octanol–water partition coefficient (Wildman–Crippen LogP) is 3.59. The summed E-state index contributed by atoms with van der Waals surface area (Å²) in [6.07, 6.45) is -0.162. The van der Waals surface area contributed by atoms with E-state index >= 15 is 0 Å². The molecule has 0 fully saturated rings. The minimum absolute atomic E-state index is 0.0468. The van der Waals surface area contributed by atoms with Crippen LogP contribution in [0.1, 0.15) is 11.4 Å². The minimum Gasteiger partial charge on any atom is -0.454 e. The van der Waals surface area contributed by atoms with Crippen molar-refractivity contribution < 1.29 is 13.9 Å². The number of hydrogen-bond acceptors (Lipinski definition) is 7. The van der Waals surface area contributed by atoms with Crippen LogP contribution in [0.4, 0.5) is 4.39 Å². The van der Waals surface area contributed by atoms with Gasteiger partial charge in [-0.15, -0.1) is 16.4 Å². The van der Waals surface area contributed by atoms with E-state index in [9.17, 15) is 9.18 Å². The van der Waals surface area contributed by atoms with Gasteiger partial charge in [0.25, 0.3) is 0 Å². The highest BCUT2D eigenvalue weighted by molar-refractivity contribution is 7.18. The number of hydrogen-bond donors (Lipinski definition) is 2. The van der Waals surface area contributed by atoms with E-state index in [1.807, 2.05) is 18.2 Å². The Morgan fingerprint density at radius 3 is 2.93 bits per heavy atom. The highest BCUT2D eigenvalue weighted by atomic mass is 35.5. The molecule has 1 amide bonds. The van der Waals surface area contributed by atoms with Gasteiger partial charge in [-0.25, -0.2) is 9.37 Å². The lowest BCUT2D eigenvalue weighted by Gasteiger charge is -2.09. The van der Waals surface area contributed by atoms with Gasteiger partial charge >= 0.3 is 0 Å². The second kappa shape index (κ2) is 8.65. The molecule has 0 spiro atoms. The van der Waals surface area contributed by atoms with Crippen LogP contribution < -0.4 is 10.7 Å². The number of hydrazone groups is 1. The van der Waals surface area contributed by atoms with Gasteiger partial charge in [-0.2, -0.15) is 5.26 Å². The van der Waals surface area contributed by atoms with Crippen molar-refractivity contribution in [1.82, 2.24) is 15.7 Å². The summed E-state index contributed by atoms with van der Waals surface area (Å²) in [5, 5.41) is 16.4. The summed E-state index contributed by atoms with van der Waals surface area (Å²) >= 11 is 7.90. The summed E-state index contributed by atoms with van der Waals surface area (Å²) in [6, 6.07) is 11.7. The Hall–Kier alpha value is -3.22. The number of carbonyl (C=O) groups excluding carboxylic acids is 1. The van der Waals surface area contributed by atoms with Crippen molar-refractivity contribution in [2.45, 2.75) is 19.1 Å². The number of rotatable bonds is 6. The zero-order valence-corrected chi connectivity index (χ0v) is 17.1. The average Bonchev–Trinajstić information content (AvgIpc) is 3.32. The Balaban J connectivity index is 1.45. The second-order valence-electron chi connectivity index (χ2n) is 6.47. The first kappa shape index (κ1) is 20.1. The Bertz CT molecular complexity index is 1170. The molecular formula is C20H15ClFN5O2S. The molecule has 0 bridgehead atoms. The number of nitrogens with zero attached hydrogens (tertiary/aromatic N) is 3. The first-order valence-corrected chi connectivity index (χ1v) is 10.2. The third kappa shape index (κ3) is 4.50. The van der Waals surface area contributed by atoms with Gasteiger partial charge in [0.1, 0.15) is 17.4 Å². The molecule has 0 aliphatic carbocycles. The summed E-state index contributed by atoms with van der Waals surface area (Å²) in [6.45, 7) is -0.0482. The summed E-state index contributed by atoms with van der Waals surface area (Å²) in [5.41, 5.74) is 5.12. The Morgan fingerprint density at radius 1 is 1.37 bits per heavy atom. The van der Waals surface area contributed by atoms with Crippen LogP contribution in [0.3, 0.4) is 0 Å². The lowest BCUT2D eigenvalue weighted by Crippen LogP contribution is -2.32. The normalized spacial score (nSPS) is 15.2. The fourth-order valence-electron chi connectivity index (χ4n) is 2.96. The third-order valence-electron chi connectivity index (χ3n) is 4.33. The topological polar surface area (TPSA) is 99.4 Å². The van der Waals surface area contributed by atoms with Gasteiger partial charge in [-0.1, -0.05) is 23.7 Å². The maximum Gasteiger partial charge on any atom is 0.226 e. The molecule has 2 N–H and O–H groups in total. The predicted molar refractivity (Wildman–Crippen MR) is 112 cm³/mol. The van der Waals surface area contributed by atoms with Crippen molar-refractivity contribution in [3.8, 4) is 17.2 Å². The van der Waals surface area contributed by atoms with Gasteiger partial charge in [0, 0.05) is 10.6 Å². The Kier molecular flexibility index (Phi) is 5.79. The second-order valence-corrected chi connectivity index (χ2v) is 7.99. The molecule has 0 radical (unpaired) electrons. The number of nitriles is 1. The highest BCUT2D eigenvalue weighted by Gasteiger charge is 2.23. The summed E-state index contributed by atoms with van der Waals surface area (Å²) < 4.78 is 19.8. The number of fused-ring (bicyclic) bond motifs is 1. The van der Waals surface area contributed by atoms with Crippen LogP contribution in [0.2, 0.25) is 5.02 Å². The molecule has 7 nitrogen and oxygen atoms in total. The number of aromatic nitrogens is 1. The van der Waals surface area contributed by atoms with Crippen LogP contribution in [0, 0.1) is 17.1 Å². The van der Waals surface area contributed by atoms with E-state index < -0.39 is 6.23 Å². The van der Waals surface area contributed by atoms with Gasteiger partial charge in [0.2, 0.25) is 11.8 Å². The molecule has 1 aliphatic rings. The van der Waals surface area contributed by atoms with Crippen LogP contribution in [0.5, 0.6) is 0 Å². The zero-order chi connectivity index (χ0) is 21.1. The van der Waals surface area contributed by atoms with E-state index in [0.717, 1.165) is 26.4 Å². The van der Waals surface area contributed by atoms with Crippen LogP contribution in [-0.4, -0.2) is 29.6 Å². The lowest BCUT2D eigenvalue weighted by atomic mass is 10.1. The van der Waals surface area contributed by atoms with Crippen molar-refractivity contribution >= 4 is 45.0 Å². The smallest absolute Gasteiger partial charge is 0.226 e. The average molecular weight is 444 g/mol. The number of thiazole rings is 1. The fraction of sp³-hybridized carbons (Fsp3) is 0.200. The standard InChI is InChI=1S/C20H15ClFN5O2S/c21-14-8-16-15(7-13(14)11-1-3-12(22)4-2-11)25-20(30-16)10-19-27-26-18(29-19)9-17(28)24-6-5-23/h1-4,7-8,18,26H,6,9-10H2,(H,24,28). The highest BCUT2D eigenvalue weighted by Crippen LogP contribution is 2.34. The van der Waals surface area contributed by atoms with Gasteiger partial charge in [-0.05, 0) is 29.8 Å². The number of ether oxygens (including phenoxy) is 1. The van der Waals surface area contributed by atoms with Crippen molar-refractivity contribution in [3.63, 3.8) is 0 Å². The van der Waals surface area contributed by atoms with Gasteiger partial charge in [-0.3, -0.25) is 10.2 Å². The molecule has 2 aromatic carbocycles. The van der Waals surface area contributed by atoms with Gasteiger partial charge < -0.3 is 10.1 Å². The van der Waals surface area contributed by atoms with Gasteiger partial charge in [0.15, 0.2) is 6.23 Å². The number of carbonyl (C=O) groups is 1. The molecule has 1 aromatic heterocycles. The molecule has 30 heavy (non-hydrogen) atoms. The molecule has 4 rings (SSSR count). The molecule has 2 heterocycles. The van der Waals surface area contributed by atoms with Crippen molar-refractivity contribution in [3.05, 3.63) is 52.2 Å². The van der Waals surface area contributed by atoms with Crippen LogP contribution >= 0.6 is 22.9 Å². The van der Waals surface area contributed by atoms with E-state index in [-0.39, 0.29) is 24.7 Å². The summed E-state index contributed by atoms with van der Waals surface area (Å²) in [7, 11) is 0. The fourth-order valence-corrected chi connectivity index (χ4v) is 4.28. The molecule has 3 aromatic rings.